The molecule has 17 heavy (non-hydrogen) atoms. The average molecular weight is 251 g/mol. The fourth-order valence-corrected chi connectivity index (χ4v) is 1.75. The van der Waals surface area contributed by atoms with Crippen LogP contribution in [0.5, 0.6) is 0 Å². The smallest absolute Gasteiger partial charge is 0.280 e. The summed E-state index contributed by atoms with van der Waals surface area (Å²) >= 11 is 0. The van der Waals surface area contributed by atoms with Crippen molar-refractivity contribution in [1.82, 2.24) is 0 Å². The van der Waals surface area contributed by atoms with Crippen LogP contribution in [0.3, 0.4) is 0 Å². The van der Waals surface area contributed by atoms with Gasteiger partial charge in [0.05, 0.1) is 6.61 Å². The normalized spacial score (nSPS) is 42.4. The summed E-state index contributed by atoms with van der Waals surface area (Å²) in [6, 6.07) is 0. The van der Waals surface area contributed by atoms with E-state index in [0.29, 0.717) is 0 Å². The van der Waals surface area contributed by atoms with Gasteiger partial charge in [-0.15, -0.1) is 0 Å². The Balaban J connectivity index is 3.07. The number of aliphatic hydroxyl groups is 4. The molecule has 5 atom stereocenters. The van der Waals surface area contributed by atoms with Crippen LogP contribution in [0.25, 0.3) is 0 Å². The van der Waals surface area contributed by atoms with Crippen molar-refractivity contribution < 1.29 is 34.7 Å². The second kappa shape index (κ2) is 5.25. The SMILES string of the molecule is CCO[C@]1(C(N)=O)O[C@H](CO)[C@H](O)[C@H](O)[C@H]1O. The molecule has 1 aliphatic heterocycles. The second-order valence-corrected chi connectivity index (χ2v) is 3.73. The van der Waals surface area contributed by atoms with E-state index >= 15 is 0 Å². The number of carbonyl (C=O) groups excluding carboxylic acids is 1. The number of hydrogen-bond donors (Lipinski definition) is 5. The molecule has 0 aromatic heterocycles. The van der Waals surface area contributed by atoms with E-state index in [4.69, 9.17) is 20.3 Å². The van der Waals surface area contributed by atoms with Crippen molar-refractivity contribution in [2.75, 3.05) is 13.2 Å². The predicted molar refractivity (Wildman–Crippen MR) is 53.5 cm³/mol. The van der Waals surface area contributed by atoms with Crippen molar-refractivity contribution >= 4 is 5.91 Å². The maximum atomic E-state index is 11.3. The van der Waals surface area contributed by atoms with E-state index in [1.165, 1.54) is 6.92 Å². The quantitative estimate of drug-likeness (QED) is 0.352. The molecule has 0 unspecified atom stereocenters. The Morgan fingerprint density at radius 3 is 2.41 bits per heavy atom. The van der Waals surface area contributed by atoms with Crippen LogP contribution in [0.4, 0.5) is 0 Å². The molecule has 0 saturated carbocycles. The molecular formula is C9H17NO7. The summed E-state index contributed by atoms with van der Waals surface area (Å²) in [5.41, 5.74) is 5.08. The number of nitrogens with two attached hydrogens (primary N) is 1. The molecule has 0 radical (unpaired) electrons. The molecular weight excluding hydrogens is 234 g/mol. The lowest BCUT2D eigenvalue weighted by molar-refractivity contribution is -0.344. The van der Waals surface area contributed by atoms with Gasteiger partial charge in [-0.2, -0.15) is 0 Å². The van der Waals surface area contributed by atoms with Crippen molar-refractivity contribution in [2.24, 2.45) is 5.73 Å². The third-order valence-electron chi connectivity index (χ3n) is 2.65. The van der Waals surface area contributed by atoms with Gasteiger partial charge in [-0.1, -0.05) is 0 Å². The van der Waals surface area contributed by atoms with Gasteiger partial charge in [0.15, 0.2) is 0 Å². The van der Waals surface area contributed by atoms with Crippen LogP contribution in [0.1, 0.15) is 6.92 Å². The Morgan fingerprint density at radius 2 is 2.00 bits per heavy atom. The summed E-state index contributed by atoms with van der Waals surface area (Å²) < 4.78 is 9.98. The molecule has 100 valence electrons. The van der Waals surface area contributed by atoms with Gasteiger partial charge in [0.1, 0.15) is 24.4 Å². The summed E-state index contributed by atoms with van der Waals surface area (Å²) in [7, 11) is 0. The van der Waals surface area contributed by atoms with Gasteiger partial charge < -0.3 is 35.6 Å². The average Bonchev–Trinajstić information content (AvgIpc) is 2.30. The van der Waals surface area contributed by atoms with E-state index in [-0.39, 0.29) is 6.61 Å². The lowest BCUT2D eigenvalue weighted by Crippen LogP contribution is -2.70. The largest absolute Gasteiger partial charge is 0.394 e. The number of carbonyl (C=O) groups is 1. The molecule has 1 rings (SSSR count). The minimum atomic E-state index is -2.26. The first-order valence-electron chi connectivity index (χ1n) is 5.17. The van der Waals surface area contributed by atoms with Crippen molar-refractivity contribution in [2.45, 2.75) is 37.1 Å². The van der Waals surface area contributed by atoms with E-state index in [2.05, 4.69) is 0 Å². The Bertz CT molecular complexity index is 285. The summed E-state index contributed by atoms with van der Waals surface area (Å²) in [5.74, 6) is -3.41. The highest BCUT2D eigenvalue weighted by Crippen LogP contribution is 2.31. The molecule has 1 amide bonds. The van der Waals surface area contributed by atoms with Crippen molar-refractivity contribution in [3.63, 3.8) is 0 Å². The molecule has 0 bridgehead atoms. The highest BCUT2D eigenvalue weighted by Gasteiger charge is 2.58. The Morgan fingerprint density at radius 1 is 1.41 bits per heavy atom. The van der Waals surface area contributed by atoms with Crippen LogP contribution < -0.4 is 5.73 Å². The highest BCUT2D eigenvalue weighted by molar-refractivity contribution is 5.83. The number of primary amides is 1. The van der Waals surface area contributed by atoms with Crippen LogP contribution in [-0.4, -0.2) is 69.8 Å². The molecule has 0 aliphatic carbocycles. The number of rotatable bonds is 4. The van der Waals surface area contributed by atoms with Crippen LogP contribution >= 0.6 is 0 Å². The first kappa shape index (κ1) is 14.3. The number of amides is 1. The Kier molecular flexibility index (Phi) is 4.42. The number of aliphatic hydroxyl groups excluding tert-OH is 4. The van der Waals surface area contributed by atoms with Crippen molar-refractivity contribution in [3.05, 3.63) is 0 Å². The third-order valence-corrected chi connectivity index (χ3v) is 2.65. The topological polar surface area (TPSA) is 142 Å². The van der Waals surface area contributed by atoms with E-state index < -0.39 is 42.7 Å². The first-order valence-corrected chi connectivity index (χ1v) is 5.17. The molecule has 1 aliphatic rings. The number of ether oxygens (including phenoxy) is 2. The monoisotopic (exact) mass is 251 g/mol. The lowest BCUT2D eigenvalue weighted by Gasteiger charge is -2.45. The van der Waals surface area contributed by atoms with E-state index in [1.54, 1.807) is 0 Å². The molecule has 1 heterocycles. The molecule has 1 saturated heterocycles. The van der Waals surface area contributed by atoms with Crippen molar-refractivity contribution in [3.8, 4) is 0 Å². The molecule has 8 heteroatoms. The molecule has 1 fully saturated rings. The first-order chi connectivity index (χ1) is 7.90. The summed E-state index contributed by atoms with van der Waals surface area (Å²) in [6.45, 7) is 0.861. The zero-order chi connectivity index (χ0) is 13.2. The molecule has 0 aromatic rings. The van der Waals surface area contributed by atoms with Crippen LogP contribution in [0.2, 0.25) is 0 Å². The Hall–Kier alpha value is -0.770. The van der Waals surface area contributed by atoms with Gasteiger partial charge in [-0.25, -0.2) is 0 Å². The molecule has 8 nitrogen and oxygen atoms in total. The van der Waals surface area contributed by atoms with E-state index in [1.807, 2.05) is 0 Å². The van der Waals surface area contributed by atoms with Gasteiger partial charge in [0.2, 0.25) is 0 Å². The van der Waals surface area contributed by atoms with Crippen molar-refractivity contribution in [1.29, 1.82) is 0 Å². The zero-order valence-corrected chi connectivity index (χ0v) is 9.31. The molecule has 6 N–H and O–H groups in total. The predicted octanol–water partition coefficient (Wildman–Crippen LogP) is -3.32. The lowest BCUT2D eigenvalue weighted by atomic mass is 9.92. The molecule has 0 aromatic carbocycles. The minimum Gasteiger partial charge on any atom is -0.394 e. The fraction of sp³-hybridized carbons (Fsp3) is 0.889. The highest BCUT2D eigenvalue weighted by atomic mass is 16.7. The minimum absolute atomic E-state index is 0.0129. The zero-order valence-electron chi connectivity index (χ0n) is 9.31. The standard InChI is InChI=1S/C9H17NO7/c1-2-16-9(8(10)15)7(14)6(13)5(12)4(3-11)17-9/h4-7,11-14H,2-3H2,1H3,(H2,10,15)/t4-,5+,6+,7-,9+/m1/s1. The number of hydrogen-bond acceptors (Lipinski definition) is 7. The maximum Gasteiger partial charge on any atom is 0.280 e. The van der Waals surface area contributed by atoms with E-state index in [9.17, 15) is 20.1 Å². The van der Waals surface area contributed by atoms with Crippen LogP contribution in [0.15, 0.2) is 0 Å². The van der Waals surface area contributed by atoms with Gasteiger partial charge in [-0.3, -0.25) is 4.79 Å². The third kappa shape index (κ3) is 2.28. The maximum absolute atomic E-state index is 11.3. The van der Waals surface area contributed by atoms with Gasteiger partial charge in [0, 0.05) is 6.61 Å². The summed E-state index contributed by atoms with van der Waals surface area (Å²) in [4.78, 5) is 11.3. The molecule has 0 spiro atoms. The summed E-state index contributed by atoms with van der Waals surface area (Å²) in [5, 5.41) is 37.8. The van der Waals surface area contributed by atoms with Crippen LogP contribution in [0, 0.1) is 0 Å². The van der Waals surface area contributed by atoms with E-state index in [0.717, 1.165) is 0 Å². The Labute approximate surface area is 97.6 Å². The van der Waals surface area contributed by atoms with Gasteiger partial charge in [0.25, 0.3) is 11.7 Å². The van der Waals surface area contributed by atoms with Gasteiger partial charge >= 0.3 is 0 Å². The van der Waals surface area contributed by atoms with Crippen LogP contribution in [-0.2, 0) is 14.3 Å². The summed E-state index contributed by atoms with van der Waals surface area (Å²) in [6.07, 6.45) is -6.35. The van der Waals surface area contributed by atoms with Gasteiger partial charge in [-0.05, 0) is 6.92 Å². The second-order valence-electron chi connectivity index (χ2n) is 3.73. The fourth-order valence-electron chi connectivity index (χ4n) is 1.75.